The summed E-state index contributed by atoms with van der Waals surface area (Å²) in [6, 6.07) is 1.82. The Hall–Kier alpha value is -3.28. The van der Waals surface area contributed by atoms with E-state index in [1.54, 1.807) is 13.8 Å². The highest BCUT2D eigenvalue weighted by atomic mass is 19.4. The molecule has 1 aromatic carbocycles. The first kappa shape index (κ1) is 26.3. The SMILES string of the molecule is Cc1c(Cc2ccc(F)c(C(=O)N3CCN(C(=O)C(N(C)C)C(F)(F)F)CC3)c2)n[nH]c(=O)c1C. The van der Waals surface area contributed by atoms with Gasteiger partial charge in [0.1, 0.15) is 5.82 Å². The van der Waals surface area contributed by atoms with Gasteiger partial charge in [0, 0.05) is 38.2 Å². The maximum Gasteiger partial charge on any atom is 0.412 e. The van der Waals surface area contributed by atoms with Gasteiger partial charge in [-0.3, -0.25) is 19.3 Å². The van der Waals surface area contributed by atoms with Gasteiger partial charge in [0.15, 0.2) is 6.04 Å². The molecule has 1 aromatic heterocycles. The van der Waals surface area contributed by atoms with E-state index >= 15 is 0 Å². The largest absolute Gasteiger partial charge is 0.412 e. The molecule has 0 aliphatic carbocycles. The van der Waals surface area contributed by atoms with Crippen molar-refractivity contribution in [2.24, 2.45) is 0 Å². The van der Waals surface area contributed by atoms with Crippen LogP contribution in [0.1, 0.15) is 32.7 Å². The molecule has 1 fully saturated rings. The van der Waals surface area contributed by atoms with E-state index in [0.717, 1.165) is 9.80 Å². The number of likely N-dealkylation sites (N-methyl/N-ethyl adjacent to an activating group) is 1. The van der Waals surface area contributed by atoms with E-state index in [9.17, 15) is 31.9 Å². The zero-order valence-corrected chi connectivity index (χ0v) is 19.9. The van der Waals surface area contributed by atoms with Crippen molar-refractivity contribution in [3.8, 4) is 0 Å². The molecule has 2 aromatic rings. The predicted molar refractivity (Wildman–Crippen MR) is 120 cm³/mol. The van der Waals surface area contributed by atoms with E-state index < -0.39 is 29.8 Å². The van der Waals surface area contributed by atoms with Gasteiger partial charge >= 0.3 is 6.18 Å². The molecule has 1 aliphatic heterocycles. The summed E-state index contributed by atoms with van der Waals surface area (Å²) in [6.45, 7) is 3.19. The molecule has 1 saturated heterocycles. The van der Waals surface area contributed by atoms with Crippen LogP contribution in [0.15, 0.2) is 23.0 Å². The van der Waals surface area contributed by atoms with Crippen molar-refractivity contribution in [3.05, 3.63) is 62.3 Å². The number of hydrogen-bond acceptors (Lipinski definition) is 5. The van der Waals surface area contributed by atoms with Gasteiger partial charge in [-0.25, -0.2) is 9.49 Å². The second kappa shape index (κ2) is 10.1. The predicted octanol–water partition coefficient (Wildman–Crippen LogP) is 1.89. The molecule has 1 unspecified atom stereocenters. The lowest BCUT2D eigenvalue weighted by Gasteiger charge is -2.38. The minimum absolute atomic E-state index is 0.0218. The summed E-state index contributed by atoms with van der Waals surface area (Å²) in [5.74, 6) is -2.43. The summed E-state index contributed by atoms with van der Waals surface area (Å²) in [5.41, 5.74) is 1.92. The van der Waals surface area contributed by atoms with Crippen LogP contribution in [-0.4, -0.2) is 89.2 Å². The fourth-order valence-corrected chi connectivity index (χ4v) is 4.01. The highest BCUT2D eigenvalue weighted by molar-refractivity contribution is 5.95. The lowest BCUT2D eigenvalue weighted by atomic mass is 10.0. The van der Waals surface area contributed by atoms with E-state index in [-0.39, 0.29) is 43.7 Å². The van der Waals surface area contributed by atoms with E-state index in [1.165, 1.54) is 37.2 Å². The van der Waals surface area contributed by atoms with Gasteiger partial charge in [-0.1, -0.05) is 6.07 Å². The number of amides is 2. The van der Waals surface area contributed by atoms with Crippen LogP contribution >= 0.6 is 0 Å². The maximum atomic E-state index is 14.5. The number of nitrogens with one attached hydrogen (secondary N) is 1. The average Bonchev–Trinajstić information content (AvgIpc) is 2.79. The third-order valence-electron chi connectivity index (χ3n) is 6.20. The molecule has 1 atom stereocenters. The van der Waals surface area contributed by atoms with Crippen LogP contribution in [0.2, 0.25) is 0 Å². The number of carbonyl (C=O) groups is 2. The maximum absolute atomic E-state index is 14.5. The Morgan fingerprint density at radius 3 is 2.26 bits per heavy atom. The topological polar surface area (TPSA) is 89.6 Å². The smallest absolute Gasteiger partial charge is 0.337 e. The highest BCUT2D eigenvalue weighted by Crippen LogP contribution is 2.26. The Morgan fingerprint density at radius 1 is 1.09 bits per heavy atom. The first-order chi connectivity index (χ1) is 16.3. The number of halogens is 4. The van der Waals surface area contributed by atoms with Gasteiger partial charge in [-0.05, 0) is 51.2 Å². The number of rotatable bonds is 5. The Bertz CT molecular complexity index is 1170. The highest BCUT2D eigenvalue weighted by Gasteiger charge is 2.48. The molecule has 190 valence electrons. The van der Waals surface area contributed by atoms with Crippen molar-refractivity contribution in [3.63, 3.8) is 0 Å². The van der Waals surface area contributed by atoms with Crippen LogP contribution in [0.5, 0.6) is 0 Å². The standard InChI is InChI=1S/C23H27F4N5O3/c1-13-14(2)20(33)29-28-18(13)12-15-5-6-17(24)16(11-15)21(34)31-7-9-32(10-8-31)22(35)19(30(3)4)23(25,26)27/h5-6,11,19H,7-10,12H2,1-4H3,(H,29,33). The van der Waals surface area contributed by atoms with E-state index in [0.29, 0.717) is 22.4 Å². The number of nitrogens with zero attached hydrogens (tertiary/aromatic N) is 4. The Labute approximate surface area is 199 Å². The number of hydrogen-bond donors (Lipinski definition) is 1. The first-order valence-corrected chi connectivity index (χ1v) is 11.0. The summed E-state index contributed by atoms with van der Waals surface area (Å²) in [6.07, 6.45) is -4.47. The van der Waals surface area contributed by atoms with Crippen LogP contribution < -0.4 is 5.56 Å². The Morgan fingerprint density at radius 2 is 1.69 bits per heavy atom. The van der Waals surface area contributed by atoms with Gasteiger partial charge in [0.25, 0.3) is 11.5 Å². The summed E-state index contributed by atoms with van der Waals surface area (Å²) < 4.78 is 54.4. The van der Waals surface area contributed by atoms with Crippen LogP contribution in [0, 0.1) is 19.7 Å². The summed E-state index contributed by atoms with van der Waals surface area (Å²) in [4.78, 5) is 40.3. The molecule has 2 amide bonds. The van der Waals surface area contributed by atoms with Crippen LogP contribution in [0.3, 0.4) is 0 Å². The molecule has 3 rings (SSSR count). The van der Waals surface area contributed by atoms with Gasteiger partial charge < -0.3 is 9.80 Å². The van der Waals surface area contributed by atoms with Crippen molar-refractivity contribution in [1.82, 2.24) is 24.9 Å². The second-order valence-corrected chi connectivity index (χ2v) is 8.77. The zero-order valence-electron chi connectivity index (χ0n) is 19.9. The van der Waals surface area contributed by atoms with Crippen molar-refractivity contribution in [1.29, 1.82) is 0 Å². The number of aromatic amines is 1. The lowest BCUT2D eigenvalue weighted by molar-refractivity contribution is -0.191. The molecule has 35 heavy (non-hydrogen) atoms. The van der Waals surface area contributed by atoms with Gasteiger partial charge in [0.05, 0.1) is 11.3 Å². The number of aromatic nitrogens is 2. The molecule has 0 bridgehead atoms. The fourth-order valence-electron chi connectivity index (χ4n) is 4.01. The minimum Gasteiger partial charge on any atom is -0.337 e. The molecular formula is C23H27F4N5O3. The molecule has 12 heteroatoms. The molecule has 1 aliphatic rings. The normalized spacial score (nSPS) is 15.5. The monoisotopic (exact) mass is 497 g/mol. The second-order valence-electron chi connectivity index (χ2n) is 8.77. The van der Waals surface area contributed by atoms with Gasteiger partial charge in [-0.2, -0.15) is 18.3 Å². The average molecular weight is 497 g/mol. The third kappa shape index (κ3) is 5.69. The third-order valence-corrected chi connectivity index (χ3v) is 6.20. The van der Waals surface area contributed by atoms with Gasteiger partial charge in [0.2, 0.25) is 5.91 Å². The summed E-state index contributed by atoms with van der Waals surface area (Å²) in [7, 11) is 2.36. The Kier molecular flexibility index (Phi) is 7.63. The van der Waals surface area contributed by atoms with Crippen molar-refractivity contribution >= 4 is 11.8 Å². The summed E-state index contributed by atoms with van der Waals surface area (Å²) in [5, 5.41) is 6.45. The van der Waals surface area contributed by atoms with Crippen molar-refractivity contribution in [2.75, 3.05) is 40.3 Å². The molecule has 1 N–H and O–H groups in total. The van der Waals surface area contributed by atoms with E-state index in [1.807, 2.05) is 0 Å². The number of alkyl halides is 3. The first-order valence-electron chi connectivity index (χ1n) is 11.0. The molecule has 2 heterocycles. The molecule has 8 nitrogen and oxygen atoms in total. The molecule has 0 radical (unpaired) electrons. The van der Waals surface area contributed by atoms with Crippen LogP contribution in [0.25, 0.3) is 0 Å². The van der Waals surface area contributed by atoms with Gasteiger partial charge in [-0.15, -0.1) is 0 Å². The molecular weight excluding hydrogens is 470 g/mol. The minimum atomic E-state index is -4.73. The lowest BCUT2D eigenvalue weighted by Crippen LogP contribution is -2.58. The number of carbonyl (C=O) groups excluding carboxylic acids is 2. The number of H-pyrrole nitrogens is 1. The van der Waals surface area contributed by atoms with Crippen LogP contribution in [-0.2, 0) is 11.2 Å². The Balaban J connectivity index is 1.72. The van der Waals surface area contributed by atoms with E-state index in [4.69, 9.17) is 0 Å². The van der Waals surface area contributed by atoms with Crippen LogP contribution in [0.4, 0.5) is 17.6 Å². The van der Waals surface area contributed by atoms with Crippen molar-refractivity contribution < 1.29 is 27.2 Å². The molecule has 0 spiro atoms. The quantitative estimate of drug-likeness (QED) is 0.638. The van der Waals surface area contributed by atoms with E-state index in [2.05, 4.69) is 10.2 Å². The number of benzene rings is 1. The molecule has 0 saturated carbocycles. The number of piperazine rings is 1. The van der Waals surface area contributed by atoms with Crippen molar-refractivity contribution in [2.45, 2.75) is 32.5 Å². The zero-order chi connectivity index (χ0) is 26.1. The summed E-state index contributed by atoms with van der Waals surface area (Å²) >= 11 is 0. The fraction of sp³-hybridized carbons (Fsp3) is 0.478.